The van der Waals surface area contributed by atoms with Crippen molar-refractivity contribution in [1.82, 2.24) is 4.98 Å². The maximum absolute atomic E-state index is 13.8. The Hall–Kier alpha value is -2.50. The lowest BCUT2D eigenvalue weighted by molar-refractivity contribution is -0.139. The van der Waals surface area contributed by atoms with Crippen LogP contribution in [-0.4, -0.2) is 4.98 Å². The molecule has 1 aromatic heterocycles. The predicted molar refractivity (Wildman–Crippen MR) is 74.0 cm³/mol. The van der Waals surface area contributed by atoms with Crippen molar-refractivity contribution in [3.8, 4) is 5.75 Å². The second-order valence-electron chi connectivity index (χ2n) is 4.76. The Kier molecular flexibility index (Phi) is 3.52. The van der Waals surface area contributed by atoms with Crippen LogP contribution in [-0.2, 0) is 12.8 Å². The van der Waals surface area contributed by atoms with Crippen molar-refractivity contribution in [2.45, 2.75) is 12.8 Å². The maximum Gasteiger partial charge on any atom is 0.419 e. The highest BCUT2D eigenvalue weighted by molar-refractivity contribution is 5.83. The zero-order valence-corrected chi connectivity index (χ0v) is 11.2. The molecule has 0 unspecified atom stereocenters. The Morgan fingerprint density at radius 2 is 1.77 bits per heavy atom. The molecule has 3 aromatic rings. The summed E-state index contributed by atoms with van der Waals surface area (Å²) in [6, 6.07) is 9.48. The molecule has 0 spiro atoms. The van der Waals surface area contributed by atoms with E-state index in [-0.39, 0.29) is 12.4 Å². The van der Waals surface area contributed by atoms with Crippen molar-refractivity contribution in [3.05, 3.63) is 65.6 Å². The fraction of sp³-hybridized carbons (Fsp3) is 0.125. The molecule has 0 saturated heterocycles. The topological polar surface area (TPSA) is 25.0 Å². The summed E-state index contributed by atoms with van der Waals surface area (Å²) in [4.78, 5) is 2.87. The highest BCUT2D eigenvalue weighted by Gasteiger charge is 2.34. The Labute approximate surface area is 123 Å². The van der Waals surface area contributed by atoms with Gasteiger partial charge in [0.2, 0.25) is 0 Å². The first-order chi connectivity index (χ1) is 10.5. The van der Waals surface area contributed by atoms with Crippen LogP contribution in [0.3, 0.4) is 0 Å². The summed E-state index contributed by atoms with van der Waals surface area (Å²) in [5.74, 6) is -0.720. The van der Waals surface area contributed by atoms with Crippen LogP contribution in [0.1, 0.15) is 11.1 Å². The lowest BCUT2D eigenvalue weighted by Crippen LogP contribution is -2.08. The second kappa shape index (κ2) is 5.36. The number of halogens is 4. The number of para-hydroxylation sites is 1. The minimum Gasteiger partial charge on any atom is -0.488 e. The number of hydrogen-bond donors (Lipinski definition) is 1. The standard InChI is InChI=1S/C16H11F4NO/c17-12-5-3-6-13-15(12)10(8-21-13)9-22-14-7-2-1-4-11(14)16(18,19)20/h1-8,21H,9H2. The highest BCUT2D eigenvalue weighted by atomic mass is 19.4. The molecule has 1 N–H and O–H groups in total. The third kappa shape index (κ3) is 2.64. The molecule has 0 bridgehead atoms. The molecule has 2 aromatic carbocycles. The maximum atomic E-state index is 13.8. The Bertz CT molecular complexity index is 807. The molecule has 1 heterocycles. The molecule has 114 valence electrons. The van der Waals surface area contributed by atoms with Gasteiger partial charge in [0.25, 0.3) is 0 Å². The SMILES string of the molecule is Fc1cccc2[nH]cc(COc3ccccc3C(F)(F)F)c12. The van der Waals surface area contributed by atoms with Gasteiger partial charge in [-0.15, -0.1) is 0 Å². The van der Waals surface area contributed by atoms with E-state index in [0.717, 1.165) is 6.07 Å². The van der Waals surface area contributed by atoms with Crippen molar-refractivity contribution in [2.75, 3.05) is 0 Å². The van der Waals surface area contributed by atoms with Gasteiger partial charge in [0, 0.05) is 22.7 Å². The zero-order chi connectivity index (χ0) is 15.7. The van der Waals surface area contributed by atoms with E-state index in [0.29, 0.717) is 16.5 Å². The molecule has 0 fully saturated rings. The number of H-pyrrole nitrogens is 1. The molecule has 22 heavy (non-hydrogen) atoms. The van der Waals surface area contributed by atoms with Crippen molar-refractivity contribution in [2.24, 2.45) is 0 Å². The number of nitrogens with one attached hydrogen (secondary N) is 1. The van der Waals surface area contributed by atoms with E-state index in [1.54, 1.807) is 12.1 Å². The van der Waals surface area contributed by atoms with Gasteiger partial charge >= 0.3 is 6.18 Å². The molecule has 0 aliphatic rings. The third-order valence-electron chi connectivity index (χ3n) is 3.31. The average molecular weight is 309 g/mol. The van der Waals surface area contributed by atoms with Crippen LogP contribution in [0.4, 0.5) is 17.6 Å². The Morgan fingerprint density at radius 3 is 2.55 bits per heavy atom. The van der Waals surface area contributed by atoms with E-state index < -0.39 is 17.6 Å². The van der Waals surface area contributed by atoms with Gasteiger partial charge in [-0.2, -0.15) is 13.2 Å². The highest BCUT2D eigenvalue weighted by Crippen LogP contribution is 2.36. The van der Waals surface area contributed by atoms with Crippen LogP contribution in [0.25, 0.3) is 10.9 Å². The predicted octanol–water partition coefficient (Wildman–Crippen LogP) is 4.90. The quantitative estimate of drug-likeness (QED) is 0.684. The first-order valence-electron chi connectivity index (χ1n) is 6.50. The first-order valence-corrected chi connectivity index (χ1v) is 6.50. The van der Waals surface area contributed by atoms with Gasteiger partial charge in [0.15, 0.2) is 0 Å². The molecule has 3 rings (SSSR count). The summed E-state index contributed by atoms with van der Waals surface area (Å²) in [6.07, 6.45) is -2.97. The number of alkyl halides is 3. The van der Waals surface area contributed by atoms with Gasteiger partial charge in [-0.05, 0) is 24.3 Å². The molecule has 2 nitrogen and oxygen atoms in total. The van der Waals surface area contributed by atoms with Gasteiger partial charge in [-0.1, -0.05) is 18.2 Å². The van der Waals surface area contributed by atoms with Crippen molar-refractivity contribution >= 4 is 10.9 Å². The molecule has 0 amide bonds. The van der Waals surface area contributed by atoms with Crippen LogP contribution in [0.2, 0.25) is 0 Å². The zero-order valence-electron chi connectivity index (χ0n) is 11.2. The number of hydrogen-bond acceptors (Lipinski definition) is 1. The minimum absolute atomic E-state index is 0.159. The normalized spacial score (nSPS) is 11.8. The fourth-order valence-corrected chi connectivity index (χ4v) is 2.30. The van der Waals surface area contributed by atoms with Crippen LogP contribution < -0.4 is 4.74 Å². The summed E-state index contributed by atoms with van der Waals surface area (Å²) in [5, 5.41) is 0.326. The number of aromatic nitrogens is 1. The van der Waals surface area contributed by atoms with Crippen LogP contribution in [0, 0.1) is 5.82 Å². The number of fused-ring (bicyclic) bond motifs is 1. The molecular formula is C16H11F4NO. The van der Waals surface area contributed by atoms with Crippen molar-refractivity contribution < 1.29 is 22.3 Å². The molecule has 0 atom stereocenters. The summed E-state index contributed by atoms with van der Waals surface area (Å²) < 4.78 is 57.7. The molecule has 0 saturated carbocycles. The smallest absolute Gasteiger partial charge is 0.419 e. The Morgan fingerprint density at radius 1 is 1.00 bits per heavy atom. The molecular weight excluding hydrogens is 298 g/mol. The van der Waals surface area contributed by atoms with Gasteiger partial charge in [0.1, 0.15) is 18.2 Å². The second-order valence-corrected chi connectivity index (χ2v) is 4.76. The summed E-state index contributed by atoms with van der Waals surface area (Å²) in [7, 11) is 0. The molecule has 0 radical (unpaired) electrons. The van der Waals surface area contributed by atoms with Crippen molar-refractivity contribution in [3.63, 3.8) is 0 Å². The van der Waals surface area contributed by atoms with E-state index in [1.165, 1.54) is 30.5 Å². The van der Waals surface area contributed by atoms with Crippen LogP contribution in [0.5, 0.6) is 5.75 Å². The summed E-state index contributed by atoms with van der Waals surface area (Å²) in [5.41, 5.74) is 0.183. The third-order valence-corrected chi connectivity index (χ3v) is 3.31. The van der Waals surface area contributed by atoms with Gasteiger partial charge in [-0.3, -0.25) is 0 Å². The molecule has 6 heteroatoms. The fourth-order valence-electron chi connectivity index (χ4n) is 2.30. The van der Waals surface area contributed by atoms with Gasteiger partial charge in [0.05, 0.1) is 5.56 Å². The lowest BCUT2D eigenvalue weighted by Gasteiger charge is -2.13. The van der Waals surface area contributed by atoms with Gasteiger partial charge in [-0.25, -0.2) is 4.39 Å². The van der Waals surface area contributed by atoms with E-state index in [2.05, 4.69) is 4.98 Å². The van der Waals surface area contributed by atoms with E-state index >= 15 is 0 Å². The van der Waals surface area contributed by atoms with Crippen LogP contribution >= 0.6 is 0 Å². The number of ether oxygens (including phenoxy) is 1. The number of rotatable bonds is 3. The van der Waals surface area contributed by atoms with Gasteiger partial charge < -0.3 is 9.72 Å². The molecule has 0 aliphatic heterocycles. The van der Waals surface area contributed by atoms with E-state index in [9.17, 15) is 17.6 Å². The van der Waals surface area contributed by atoms with E-state index in [4.69, 9.17) is 4.74 Å². The van der Waals surface area contributed by atoms with E-state index in [1.807, 2.05) is 0 Å². The monoisotopic (exact) mass is 309 g/mol. The molecule has 0 aliphatic carbocycles. The number of aromatic amines is 1. The average Bonchev–Trinajstić information content (AvgIpc) is 2.89. The largest absolute Gasteiger partial charge is 0.488 e. The Balaban J connectivity index is 1.90. The van der Waals surface area contributed by atoms with Crippen molar-refractivity contribution in [1.29, 1.82) is 0 Å². The summed E-state index contributed by atoms with van der Waals surface area (Å²) >= 11 is 0. The lowest BCUT2D eigenvalue weighted by atomic mass is 10.1. The minimum atomic E-state index is -4.50. The first kappa shape index (κ1) is 14.4. The van der Waals surface area contributed by atoms with Crippen LogP contribution in [0.15, 0.2) is 48.7 Å². The summed E-state index contributed by atoms with van der Waals surface area (Å²) in [6.45, 7) is -0.159. The number of benzene rings is 2.